The van der Waals surface area contributed by atoms with Crippen LogP contribution in [0.15, 0.2) is 42.5 Å². The van der Waals surface area contributed by atoms with Gasteiger partial charge in [0.2, 0.25) is 6.79 Å². The average Bonchev–Trinajstić information content (AvgIpc) is 3.04. The van der Waals surface area contributed by atoms with Crippen molar-refractivity contribution in [3.05, 3.63) is 53.8 Å². The highest BCUT2D eigenvalue weighted by molar-refractivity contribution is 5.46. The van der Waals surface area contributed by atoms with Crippen LogP contribution in [0.2, 0.25) is 0 Å². The number of ether oxygens (including phenoxy) is 3. The third kappa shape index (κ3) is 3.74. The van der Waals surface area contributed by atoms with Crippen LogP contribution in [-0.2, 0) is 0 Å². The molecule has 0 spiro atoms. The lowest BCUT2D eigenvalue weighted by molar-refractivity contribution is 0.173. The summed E-state index contributed by atoms with van der Waals surface area (Å²) in [5, 5.41) is 0. The van der Waals surface area contributed by atoms with Gasteiger partial charge in [-0.05, 0) is 49.1 Å². The van der Waals surface area contributed by atoms with Crippen LogP contribution in [0.4, 0.5) is 4.39 Å². The number of halogens is 1. The van der Waals surface area contributed by atoms with Gasteiger partial charge < -0.3 is 19.9 Å². The fourth-order valence-electron chi connectivity index (χ4n) is 2.69. The van der Waals surface area contributed by atoms with Gasteiger partial charge in [-0.3, -0.25) is 0 Å². The van der Waals surface area contributed by atoms with Gasteiger partial charge in [0, 0.05) is 6.07 Å². The molecule has 0 amide bonds. The molecule has 0 saturated carbocycles. The molecule has 122 valence electrons. The highest BCUT2D eigenvalue weighted by Crippen LogP contribution is 2.35. The Hall–Kier alpha value is -2.27. The predicted molar refractivity (Wildman–Crippen MR) is 85.5 cm³/mol. The third-order valence-corrected chi connectivity index (χ3v) is 3.94. The summed E-state index contributed by atoms with van der Waals surface area (Å²) in [4.78, 5) is 0. The van der Waals surface area contributed by atoms with E-state index >= 15 is 0 Å². The maximum absolute atomic E-state index is 13.8. The van der Waals surface area contributed by atoms with E-state index in [-0.39, 0.29) is 18.5 Å². The topological polar surface area (TPSA) is 53.7 Å². The summed E-state index contributed by atoms with van der Waals surface area (Å²) in [6.45, 7) is 1.22. The molecular formula is C18H20FNO3. The summed E-state index contributed by atoms with van der Waals surface area (Å²) in [5.41, 5.74) is 6.47. The van der Waals surface area contributed by atoms with Crippen LogP contribution in [0.5, 0.6) is 17.2 Å². The molecule has 2 N–H and O–H groups in total. The van der Waals surface area contributed by atoms with E-state index < -0.39 is 0 Å². The van der Waals surface area contributed by atoms with Crippen LogP contribution in [0.1, 0.15) is 24.3 Å². The minimum atomic E-state index is -0.195. The van der Waals surface area contributed by atoms with Crippen molar-refractivity contribution in [3.8, 4) is 17.2 Å². The Morgan fingerprint density at radius 1 is 1.13 bits per heavy atom. The molecule has 0 aromatic heterocycles. The molecule has 5 heteroatoms. The molecule has 1 heterocycles. The van der Waals surface area contributed by atoms with E-state index in [1.54, 1.807) is 12.1 Å². The first-order valence-corrected chi connectivity index (χ1v) is 7.75. The number of fused-ring (bicyclic) bond motifs is 1. The molecule has 0 fully saturated rings. The summed E-state index contributed by atoms with van der Waals surface area (Å²) >= 11 is 0. The number of hydrogen-bond acceptors (Lipinski definition) is 4. The quantitative estimate of drug-likeness (QED) is 0.795. The molecule has 4 nitrogen and oxygen atoms in total. The standard InChI is InChI=1S/C18H20FNO3/c19-16-6-2-1-5-15(16)13(11-20)4-3-9-21-14-7-8-17-18(10-14)23-12-22-17/h1-2,5-8,10,13H,3-4,9,11-12,20H2. The van der Waals surface area contributed by atoms with Gasteiger partial charge >= 0.3 is 0 Å². The number of nitrogens with two attached hydrogens (primary N) is 1. The molecule has 23 heavy (non-hydrogen) atoms. The summed E-state index contributed by atoms with van der Waals surface area (Å²) in [6.07, 6.45) is 1.58. The van der Waals surface area contributed by atoms with E-state index in [1.807, 2.05) is 24.3 Å². The monoisotopic (exact) mass is 317 g/mol. The highest BCUT2D eigenvalue weighted by Gasteiger charge is 2.15. The van der Waals surface area contributed by atoms with E-state index in [4.69, 9.17) is 19.9 Å². The number of rotatable bonds is 7. The van der Waals surface area contributed by atoms with Crippen LogP contribution in [0.25, 0.3) is 0 Å². The Balaban J connectivity index is 1.50. The SMILES string of the molecule is NCC(CCCOc1ccc2c(c1)OCO2)c1ccccc1F. The lowest BCUT2D eigenvalue weighted by Crippen LogP contribution is -2.15. The average molecular weight is 317 g/mol. The van der Waals surface area contributed by atoms with Crippen LogP contribution in [0, 0.1) is 5.82 Å². The summed E-state index contributed by atoms with van der Waals surface area (Å²) in [5.74, 6) is 1.99. The van der Waals surface area contributed by atoms with E-state index in [1.165, 1.54) is 6.07 Å². The van der Waals surface area contributed by atoms with Gasteiger partial charge in [-0.2, -0.15) is 0 Å². The Labute approximate surface area is 135 Å². The lowest BCUT2D eigenvalue weighted by atomic mass is 9.94. The molecular weight excluding hydrogens is 297 g/mol. The maximum Gasteiger partial charge on any atom is 0.231 e. The Morgan fingerprint density at radius 2 is 1.96 bits per heavy atom. The van der Waals surface area contributed by atoms with Crippen molar-refractivity contribution < 1.29 is 18.6 Å². The zero-order valence-electron chi connectivity index (χ0n) is 12.8. The molecule has 0 bridgehead atoms. The van der Waals surface area contributed by atoms with Gasteiger partial charge in [-0.25, -0.2) is 4.39 Å². The van der Waals surface area contributed by atoms with Gasteiger partial charge in [-0.15, -0.1) is 0 Å². The molecule has 2 aromatic rings. The van der Waals surface area contributed by atoms with Crippen molar-refractivity contribution in [3.63, 3.8) is 0 Å². The largest absolute Gasteiger partial charge is 0.493 e. The first-order valence-electron chi connectivity index (χ1n) is 7.75. The molecule has 0 aliphatic carbocycles. The van der Waals surface area contributed by atoms with Crippen LogP contribution < -0.4 is 19.9 Å². The first kappa shape index (κ1) is 15.6. The molecule has 1 atom stereocenters. The number of benzene rings is 2. The van der Waals surface area contributed by atoms with E-state index in [9.17, 15) is 4.39 Å². The Kier molecular flexibility index (Phi) is 4.98. The van der Waals surface area contributed by atoms with Crippen molar-refractivity contribution >= 4 is 0 Å². The lowest BCUT2D eigenvalue weighted by Gasteiger charge is -2.16. The van der Waals surface area contributed by atoms with Crippen LogP contribution in [-0.4, -0.2) is 19.9 Å². The second-order valence-electron chi connectivity index (χ2n) is 5.46. The zero-order valence-corrected chi connectivity index (χ0v) is 12.8. The van der Waals surface area contributed by atoms with E-state index in [0.717, 1.165) is 24.3 Å². The first-order chi connectivity index (χ1) is 11.3. The maximum atomic E-state index is 13.8. The molecule has 2 aromatic carbocycles. The van der Waals surface area contributed by atoms with Gasteiger partial charge in [0.15, 0.2) is 11.5 Å². The van der Waals surface area contributed by atoms with Crippen molar-refractivity contribution in [1.82, 2.24) is 0 Å². The molecule has 3 rings (SSSR count). The summed E-state index contributed by atoms with van der Waals surface area (Å²) in [6, 6.07) is 12.3. The molecule has 0 saturated heterocycles. The van der Waals surface area contributed by atoms with Gasteiger partial charge in [-0.1, -0.05) is 18.2 Å². The zero-order chi connectivity index (χ0) is 16.1. The van der Waals surface area contributed by atoms with Crippen molar-refractivity contribution in [2.24, 2.45) is 5.73 Å². The van der Waals surface area contributed by atoms with Crippen LogP contribution >= 0.6 is 0 Å². The second kappa shape index (κ2) is 7.33. The van der Waals surface area contributed by atoms with Crippen LogP contribution in [0.3, 0.4) is 0 Å². The summed E-state index contributed by atoms with van der Waals surface area (Å²) < 4.78 is 30.1. The van der Waals surface area contributed by atoms with E-state index in [0.29, 0.717) is 24.5 Å². The minimum absolute atomic E-state index is 0.0107. The van der Waals surface area contributed by atoms with Gasteiger partial charge in [0.05, 0.1) is 6.61 Å². The molecule has 0 radical (unpaired) electrons. The Bertz CT molecular complexity index is 662. The fraction of sp³-hybridized carbons (Fsp3) is 0.333. The predicted octanol–water partition coefficient (Wildman–Crippen LogP) is 3.46. The highest BCUT2D eigenvalue weighted by atomic mass is 19.1. The van der Waals surface area contributed by atoms with Gasteiger partial charge in [0.1, 0.15) is 11.6 Å². The fourth-order valence-corrected chi connectivity index (χ4v) is 2.69. The Morgan fingerprint density at radius 3 is 2.78 bits per heavy atom. The number of hydrogen-bond donors (Lipinski definition) is 1. The van der Waals surface area contributed by atoms with Crippen molar-refractivity contribution in [2.45, 2.75) is 18.8 Å². The second-order valence-corrected chi connectivity index (χ2v) is 5.46. The molecule has 1 unspecified atom stereocenters. The molecule has 1 aliphatic rings. The molecule has 1 aliphatic heterocycles. The van der Waals surface area contributed by atoms with Gasteiger partial charge in [0.25, 0.3) is 0 Å². The van der Waals surface area contributed by atoms with Crippen molar-refractivity contribution in [1.29, 1.82) is 0 Å². The third-order valence-electron chi connectivity index (χ3n) is 3.94. The smallest absolute Gasteiger partial charge is 0.231 e. The van der Waals surface area contributed by atoms with Crippen molar-refractivity contribution in [2.75, 3.05) is 19.9 Å². The van der Waals surface area contributed by atoms with E-state index in [2.05, 4.69) is 0 Å². The minimum Gasteiger partial charge on any atom is -0.493 e. The summed E-state index contributed by atoms with van der Waals surface area (Å²) in [7, 11) is 0. The normalized spacial score (nSPS) is 13.8.